The minimum atomic E-state index is -4.50. The first kappa shape index (κ1) is 26.8. The summed E-state index contributed by atoms with van der Waals surface area (Å²) in [5.74, 6) is 0. The van der Waals surface area contributed by atoms with E-state index in [9.17, 15) is 13.2 Å². The Bertz CT molecular complexity index is 985. The molecule has 10 heteroatoms. The second-order valence-corrected chi connectivity index (χ2v) is 12.6. The van der Waals surface area contributed by atoms with Crippen molar-refractivity contribution in [1.29, 1.82) is 0 Å². The number of para-hydroxylation sites is 2. The van der Waals surface area contributed by atoms with Crippen molar-refractivity contribution in [3.05, 3.63) is 52.9 Å². The van der Waals surface area contributed by atoms with Crippen molar-refractivity contribution < 1.29 is 33.0 Å². The van der Waals surface area contributed by atoms with Gasteiger partial charge in [-0.3, -0.25) is 4.98 Å². The van der Waals surface area contributed by atoms with Crippen LogP contribution >= 0.6 is 15.8 Å². The van der Waals surface area contributed by atoms with E-state index in [1.165, 1.54) is 6.20 Å². The Kier molecular flexibility index (Phi) is 10.2. The normalized spacial score (nSPS) is 12.4. The van der Waals surface area contributed by atoms with Crippen LogP contribution in [0.1, 0.15) is 19.5 Å². The largest absolute Gasteiger partial charge is 1.00 e. The first-order valence-corrected chi connectivity index (χ1v) is 14.1. The quantitative estimate of drug-likeness (QED) is 0.341. The van der Waals surface area contributed by atoms with E-state index in [1.54, 1.807) is 34.9 Å². The predicted molar refractivity (Wildman–Crippen MR) is 120 cm³/mol. The fourth-order valence-corrected chi connectivity index (χ4v) is 5.39. The zero-order valence-corrected chi connectivity index (χ0v) is 22.3. The van der Waals surface area contributed by atoms with Crippen LogP contribution in [0.3, 0.4) is 0 Å². The summed E-state index contributed by atoms with van der Waals surface area (Å²) in [6.45, 7) is 14.1. The van der Waals surface area contributed by atoms with Gasteiger partial charge < -0.3 is 10.2 Å². The molecule has 0 fully saturated rings. The number of aromatic nitrogens is 4. The minimum Gasteiger partial charge on any atom is -0.573 e. The van der Waals surface area contributed by atoms with Crippen molar-refractivity contribution in [3.63, 3.8) is 0 Å². The first-order chi connectivity index (χ1) is 13.5. The summed E-state index contributed by atoms with van der Waals surface area (Å²) >= 11 is 0. The Morgan fingerprint density at radius 1 is 0.933 bits per heavy atom. The Morgan fingerprint density at radius 2 is 1.47 bits per heavy atom. The Balaban J connectivity index is 0.000000354. The molecule has 0 aliphatic heterocycles. The summed E-state index contributed by atoms with van der Waals surface area (Å²) < 4.78 is 37.3. The molecule has 0 aliphatic rings. The topological polar surface area (TPSA) is 52.8 Å². The number of fused-ring (bicyclic) bond motifs is 1. The van der Waals surface area contributed by atoms with Gasteiger partial charge in [0, 0.05) is 15.8 Å². The van der Waals surface area contributed by atoms with Crippen molar-refractivity contribution in [3.8, 4) is 11.4 Å². The first-order valence-electron chi connectivity index (χ1n) is 9.09. The molecule has 0 amide bonds. The van der Waals surface area contributed by atoms with Crippen molar-refractivity contribution in [2.75, 3.05) is 26.7 Å². The molecule has 0 unspecified atom stereocenters. The van der Waals surface area contributed by atoms with Gasteiger partial charge in [0.2, 0.25) is 0 Å². The maximum atomic E-state index is 12.4. The van der Waals surface area contributed by atoms with E-state index in [1.807, 2.05) is 0 Å². The van der Waals surface area contributed by atoms with Gasteiger partial charge in [0.05, 0.1) is 49.6 Å². The van der Waals surface area contributed by atoms with E-state index in [2.05, 4.69) is 60.7 Å². The fraction of sp³-hybridized carbons (Fsp3) is 0.350. The van der Waals surface area contributed by atoms with Crippen LogP contribution < -0.4 is 5.10 Å². The molecular weight excluding hydrogens is 605 g/mol. The predicted octanol–water partition coefficient (Wildman–Crippen LogP) is 5.85. The van der Waals surface area contributed by atoms with E-state index in [0.717, 1.165) is 6.07 Å². The van der Waals surface area contributed by atoms with Crippen LogP contribution in [0.5, 0.6) is 0 Å². The van der Waals surface area contributed by atoms with Gasteiger partial charge in [-0.2, -0.15) is 13.2 Å². The number of nitrogens with zero attached hydrogens (tertiary/aromatic N) is 4. The average molecular weight is 632 g/mol. The van der Waals surface area contributed by atoms with E-state index >= 15 is 0 Å². The van der Waals surface area contributed by atoms with Gasteiger partial charge in [-0.15, -0.1) is 0 Å². The van der Waals surface area contributed by atoms with Crippen molar-refractivity contribution in [2.45, 2.75) is 20.0 Å². The maximum Gasteiger partial charge on any atom is 1.00 e. The summed E-state index contributed by atoms with van der Waals surface area (Å²) in [6.07, 6.45) is -3.12. The van der Waals surface area contributed by atoms with Gasteiger partial charge >= 0.3 is 26.0 Å². The fourth-order valence-electron chi connectivity index (χ4n) is 2.39. The summed E-state index contributed by atoms with van der Waals surface area (Å²) in [5.41, 5.74) is 0.558. The zero-order valence-electron chi connectivity index (χ0n) is 17.7. The number of halogens is 3. The van der Waals surface area contributed by atoms with E-state index < -0.39 is 11.9 Å². The monoisotopic (exact) mass is 633 g/mol. The second kappa shape index (κ2) is 11.4. The van der Waals surface area contributed by atoms with Crippen LogP contribution in [-0.2, 0) is 26.0 Å². The van der Waals surface area contributed by atoms with Crippen molar-refractivity contribution >= 4 is 26.9 Å². The Hall–Kier alpha value is -1.20. The molecule has 30 heavy (non-hydrogen) atoms. The van der Waals surface area contributed by atoms with Crippen LogP contribution in [0.15, 0.2) is 47.2 Å². The summed E-state index contributed by atoms with van der Waals surface area (Å²) in [7, 11) is -0.302. The molecule has 3 aromatic rings. The van der Waals surface area contributed by atoms with Gasteiger partial charge in [0.15, 0.2) is 0 Å². The van der Waals surface area contributed by atoms with Crippen LogP contribution in [0.2, 0.25) is 0 Å². The molecule has 2 heterocycles. The van der Waals surface area contributed by atoms with Crippen LogP contribution in [-0.4, -0.2) is 41.7 Å². The molecule has 0 N–H and O–H groups in total. The SMILES string of the molecule is C/C(=C(\C)[PH+](C)C)[PH+](C)C.FC(F)(F)c1cc(-c2cnc3ccccc3n2)[n-]n1.[Os+]. The van der Waals surface area contributed by atoms with Crippen molar-refractivity contribution in [2.24, 2.45) is 0 Å². The standard InChI is InChI=1S/C12H6F3N4.C8H18P2.Os/c13-12(14,15)11-5-9(18-19-11)10-6-16-7-3-1-2-4-8(7)17-10;1-7(9(3)4)8(2)10(5)6;/h1-6H;1-6H3;/q-1;;+1/p+2/b;8-7-;. The summed E-state index contributed by atoms with van der Waals surface area (Å²) in [6, 6.07) is 7.94. The van der Waals surface area contributed by atoms with Crippen molar-refractivity contribution in [1.82, 2.24) is 20.2 Å². The average Bonchev–Trinajstić information content (AvgIpc) is 3.17. The molecular formula is C20H26F3N4OsP2+2. The van der Waals surface area contributed by atoms with Gasteiger partial charge in [-0.1, -0.05) is 17.8 Å². The van der Waals surface area contributed by atoms with Crippen LogP contribution in [0.4, 0.5) is 13.2 Å². The van der Waals surface area contributed by atoms with Crippen LogP contribution in [0.25, 0.3) is 22.4 Å². The molecule has 0 atom stereocenters. The van der Waals surface area contributed by atoms with Gasteiger partial charge in [-0.05, 0) is 32.0 Å². The molecule has 0 saturated carbocycles. The second-order valence-electron chi connectivity index (χ2n) is 7.11. The van der Waals surface area contributed by atoms with Crippen LogP contribution in [0, 0.1) is 0 Å². The van der Waals surface area contributed by atoms with E-state index in [-0.39, 0.29) is 47.0 Å². The number of rotatable bonds is 3. The number of hydrogen-bond acceptors (Lipinski definition) is 3. The molecule has 163 valence electrons. The smallest absolute Gasteiger partial charge is 0.573 e. The third-order valence-electron chi connectivity index (χ3n) is 4.60. The molecule has 0 aliphatic carbocycles. The molecule has 0 bridgehead atoms. The molecule has 0 saturated heterocycles. The zero-order chi connectivity index (χ0) is 21.8. The summed E-state index contributed by atoms with van der Waals surface area (Å²) in [4.78, 5) is 8.33. The van der Waals surface area contributed by atoms with Gasteiger partial charge in [-0.25, -0.2) is 4.98 Å². The number of hydrogen-bond donors (Lipinski definition) is 0. The van der Waals surface area contributed by atoms with Gasteiger partial charge in [0.25, 0.3) is 0 Å². The van der Waals surface area contributed by atoms with E-state index in [4.69, 9.17) is 0 Å². The third kappa shape index (κ3) is 7.19. The molecule has 2 aromatic heterocycles. The number of allylic oxidation sites excluding steroid dienone is 2. The molecule has 1 aromatic carbocycles. The van der Waals surface area contributed by atoms with Gasteiger partial charge in [0.1, 0.15) is 16.3 Å². The third-order valence-corrected chi connectivity index (χ3v) is 8.60. The molecule has 1 radical (unpaired) electrons. The summed E-state index contributed by atoms with van der Waals surface area (Å²) in [5, 5.41) is 9.98. The Morgan fingerprint density at radius 3 is 1.93 bits per heavy atom. The van der Waals surface area contributed by atoms with E-state index in [0.29, 0.717) is 11.0 Å². The Labute approximate surface area is 190 Å². The number of alkyl halides is 3. The molecule has 4 nitrogen and oxygen atoms in total. The minimum absolute atomic E-state index is 0. The molecule has 0 spiro atoms. The number of benzene rings is 1. The maximum absolute atomic E-state index is 12.4. The molecule has 3 rings (SSSR count).